The molecule has 1 heterocycles. The fourth-order valence-electron chi connectivity index (χ4n) is 6.79. The van der Waals surface area contributed by atoms with E-state index in [1.165, 1.54) is 23.1 Å². The van der Waals surface area contributed by atoms with E-state index >= 15 is 4.39 Å². The number of hydrogen-bond donors (Lipinski definition) is 3. The summed E-state index contributed by atoms with van der Waals surface area (Å²) in [6.07, 6.45) is 10.0. The maximum Gasteiger partial charge on any atom is 0.330 e. The number of carbonyl (C=O) groups is 2. The number of rotatable bonds is 18. The number of thiazole rings is 1. The molecule has 0 fully saturated rings. The van der Waals surface area contributed by atoms with Crippen LogP contribution in [0.25, 0.3) is 39.1 Å². The zero-order valence-electron chi connectivity index (χ0n) is 33.6. The van der Waals surface area contributed by atoms with Crippen molar-refractivity contribution in [2.45, 2.75) is 45.4 Å². The third-order valence-electron chi connectivity index (χ3n) is 10.0. The monoisotopic (exact) mass is 833 g/mol. The number of unbranched alkanes of at least 4 members (excludes halogenated alkanes) is 1. The van der Waals surface area contributed by atoms with Gasteiger partial charge in [0.05, 0.1) is 30.0 Å². The molecule has 0 atom stereocenters. The number of allylic oxidation sites excluding steroid dienone is 1. The Hall–Kier alpha value is -7.05. The summed E-state index contributed by atoms with van der Waals surface area (Å²) in [7, 11) is 0. The molecule has 1 aliphatic carbocycles. The molecular formula is C49H44FN5O5S. The van der Waals surface area contributed by atoms with Crippen LogP contribution in [-0.2, 0) is 27.2 Å². The standard InChI is InChI=1S/C49H44FN5O5S/c1-3-7-31-8-13-33(14-9-31)39-21-22-40(46(50)41(39)30-53-55-49-54-48-43(61-49)24-23-42(51)47(48)52)36-16-15-35-29-38(20-17-34(35)28-36)60-45(57)25-12-32-10-18-37(19-11-32)58-26-5-6-27-59-44(56)4-2/h4,8-11,13-24,28-30,51-52H,2-3,5-7,12,25-27H2,1H3,(H,54,55)/b51-42?,52-47?,53-30+. The second-order valence-electron chi connectivity index (χ2n) is 14.3. The van der Waals surface area contributed by atoms with Gasteiger partial charge in [-0.15, -0.1) is 0 Å². The quantitative estimate of drug-likeness (QED) is 0.0195. The minimum atomic E-state index is -0.440. The molecule has 5 aromatic carbocycles. The smallest absolute Gasteiger partial charge is 0.330 e. The van der Waals surface area contributed by atoms with Gasteiger partial charge in [0, 0.05) is 23.6 Å². The molecule has 0 spiro atoms. The first-order valence-electron chi connectivity index (χ1n) is 20.0. The lowest BCUT2D eigenvalue weighted by Crippen LogP contribution is -2.15. The van der Waals surface area contributed by atoms with Crippen molar-refractivity contribution >= 4 is 62.9 Å². The summed E-state index contributed by atoms with van der Waals surface area (Å²) in [5, 5.41) is 22.6. The largest absolute Gasteiger partial charge is 0.494 e. The Labute approximate surface area is 357 Å². The average molecular weight is 834 g/mol. The summed E-state index contributed by atoms with van der Waals surface area (Å²) in [5.74, 6) is -0.0812. The predicted octanol–water partition coefficient (Wildman–Crippen LogP) is 11.0. The van der Waals surface area contributed by atoms with E-state index in [0.29, 0.717) is 64.9 Å². The minimum absolute atomic E-state index is 0.0451. The molecule has 0 unspecified atom stereocenters. The molecule has 1 aromatic heterocycles. The van der Waals surface area contributed by atoms with Crippen LogP contribution in [0.2, 0.25) is 0 Å². The number of hydrogen-bond acceptors (Lipinski definition) is 11. The summed E-state index contributed by atoms with van der Waals surface area (Å²) in [6.45, 7) is 6.33. The van der Waals surface area contributed by atoms with Crippen LogP contribution < -0.4 is 14.9 Å². The Morgan fingerprint density at radius 3 is 2.31 bits per heavy atom. The highest BCUT2D eigenvalue weighted by molar-refractivity contribution is 7.17. The van der Waals surface area contributed by atoms with Gasteiger partial charge in [-0.25, -0.2) is 14.2 Å². The number of esters is 2. The summed E-state index contributed by atoms with van der Waals surface area (Å²) >= 11 is 1.30. The Morgan fingerprint density at radius 1 is 0.836 bits per heavy atom. The van der Waals surface area contributed by atoms with Gasteiger partial charge in [-0.2, -0.15) is 5.10 Å². The number of aromatic nitrogens is 1. The van der Waals surface area contributed by atoms with Gasteiger partial charge in [-0.05, 0) is 107 Å². The number of halogens is 1. The van der Waals surface area contributed by atoms with E-state index in [9.17, 15) is 9.59 Å². The van der Waals surface area contributed by atoms with E-state index in [1.807, 2.05) is 66.7 Å². The van der Waals surface area contributed by atoms with Crippen LogP contribution >= 0.6 is 11.3 Å². The highest BCUT2D eigenvalue weighted by atomic mass is 32.1. The average Bonchev–Trinajstić information content (AvgIpc) is 3.70. The molecule has 308 valence electrons. The lowest BCUT2D eigenvalue weighted by molar-refractivity contribution is -0.138. The highest BCUT2D eigenvalue weighted by Gasteiger charge is 2.20. The SMILES string of the molecule is C=CC(=O)OCCCCOc1ccc(CCC(=O)Oc2ccc3cc(-c4ccc(-c5ccc(CCC)cc5)c(/C=N/Nc5nc6c(s5)C=CC(=N)C6=N)c4F)ccc3c2)cc1. The van der Waals surface area contributed by atoms with Crippen LogP contribution in [-0.4, -0.2) is 47.8 Å². The molecule has 0 bridgehead atoms. The molecule has 6 aromatic rings. The normalized spacial score (nSPS) is 12.1. The molecule has 0 saturated carbocycles. The second kappa shape index (κ2) is 19.8. The van der Waals surface area contributed by atoms with E-state index in [0.717, 1.165) is 57.9 Å². The molecule has 0 radical (unpaired) electrons. The van der Waals surface area contributed by atoms with Crippen molar-refractivity contribution in [1.29, 1.82) is 10.8 Å². The lowest BCUT2D eigenvalue weighted by Gasteiger charge is -2.13. The highest BCUT2D eigenvalue weighted by Crippen LogP contribution is 2.35. The molecule has 1 aliphatic rings. The zero-order valence-corrected chi connectivity index (χ0v) is 34.4. The molecule has 10 nitrogen and oxygen atoms in total. The van der Waals surface area contributed by atoms with Crippen molar-refractivity contribution in [3.05, 3.63) is 149 Å². The number of fused-ring (bicyclic) bond motifs is 2. The number of nitrogens with zero attached hydrogens (tertiary/aromatic N) is 2. The maximum atomic E-state index is 16.8. The number of carbonyl (C=O) groups excluding carboxylic acids is 2. The predicted molar refractivity (Wildman–Crippen MR) is 242 cm³/mol. The first-order valence-corrected chi connectivity index (χ1v) is 20.8. The molecule has 3 N–H and O–H groups in total. The van der Waals surface area contributed by atoms with E-state index in [1.54, 1.807) is 30.4 Å². The van der Waals surface area contributed by atoms with Crippen molar-refractivity contribution in [3.8, 4) is 33.8 Å². The summed E-state index contributed by atoms with van der Waals surface area (Å²) in [6, 6.07) is 30.4. The lowest BCUT2D eigenvalue weighted by atomic mass is 9.93. The fraction of sp³-hybridized carbons (Fsp3) is 0.184. The minimum Gasteiger partial charge on any atom is -0.494 e. The van der Waals surface area contributed by atoms with Gasteiger partial charge in [-0.1, -0.05) is 98.0 Å². The van der Waals surface area contributed by atoms with Crippen LogP contribution in [0.5, 0.6) is 11.5 Å². The van der Waals surface area contributed by atoms with E-state index in [4.69, 9.17) is 25.0 Å². The number of benzene rings is 5. The second-order valence-corrected chi connectivity index (χ2v) is 15.4. The van der Waals surface area contributed by atoms with Gasteiger partial charge >= 0.3 is 11.9 Å². The summed E-state index contributed by atoms with van der Waals surface area (Å²) in [5.41, 5.74) is 8.55. The fourth-order valence-corrected chi connectivity index (χ4v) is 7.61. The zero-order chi connectivity index (χ0) is 42.7. The number of hydrazone groups is 1. The van der Waals surface area contributed by atoms with Gasteiger partial charge in [0.1, 0.15) is 28.7 Å². The Bertz CT molecular complexity index is 2670. The Kier molecular flexibility index (Phi) is 13.7. The Balaban J connectivity index is 1.01. The Morgan fingerprint density at radius 2 is 1.52 bits per heavy atom. The summed E-state index contributed by atoms with van der Waals surface area (Å²) < 4.78 is 33.2. The van der Waals surface area contributed by atoms with E-state index < -0.39 is 11.8 Å². The molecular weight excluding hydrogens is 790 g/mol. The van der Waals surface area contributed by atoms with Crippen LogP contribution in [0.1, 0.15) is 59.9 Å². The van der Waals surface area contributed by atoms with Gasteiger partial charge in [0.25, 0.3) is 0 Å². The first-order chi connectivity index (χ1) is 29.7. The number of anilines is 1. The van der Waals surface area contributed by atoms with Crippen LogP contribution in [0.15, 0.2) is 121 Å². The molecule has 0 aliphatic heterocycles. The van der Waals surface area contributed by atoms with Crippen molar-refractivity contribution in [2.24, 2.45) is 5.10 Å². The molecule has 61 heavy (non-hydrogen) atoms. The molecule has 12 heteroatoms. The van der Waals surface area contributed by atoms with Gasteiger partial charge in [0.15, 0.2) is 0 Å². The van der Waals surface area contributed by atoms with E-state index in [-0.39, 0.29) is 23.8 Å². The van der Waals surface area contributed by atoms with E-state index in [2.05, 4.69) is 41.1 Å². The number of ether oxygens (including phenoxy) is 3. The van der Waals surface area contributed by atoms with Crippen LogP contribution in [0.3, 0.4) is 0 Å². The van der Waals surface area contributed by atoms with Gasteiger partial charge in [0.2, 0.25) is 5.13 Å². The van der Waals surface area contributed by atoms with Crippen molar-refractivity contribution in [1.82, 2.24) is 4.98 Å². The van der Waals surface area contributed by atoms with Crippen molar-refractivity contribution < 1.29 is 28.2 Å². The summed E-state index contributed by atoms with van der Waals surface area (Å²) in [4.78, 5) is 29.1. The molecule has 7 rings (SSSR count). The van der Waals surface area contributed by atoms with Crippen molar-refractivity contribution in [2.75, 3.05) is 18.6 Å². The van der Waals surface area contributed by atoms with Gasteiger partial charge in [-0.3, -0.25) is 21.0 Å². The topological polar surface area (TPSA) is 147 Å². The van der Waals surface area contributed by atoms with Gasteiger partial charge < -0.3 is 14.2 Å². The maximum absolute atomic E-state index is 16.8. The van der Waals surface area contributed by atoms with Crippen molar-refractivity contribution in [3.63, 3.8) is 0 Å². The van der Waals surface area contributed by atoms with Crippen LogP contribution in [0.4, 0.5) is 9.52 Å². The van der Waals surface area contributed by atoms with Crippen LogP contribution in [0, 0.1) is 16.6 Å². The number of nitrogens with one attached hydrogen (secondary N) is 3. The third-order valence-corrected chi connectivity index (χ3v) is 10.9. The number of aryl methyl sites for hydroxylation is 2. The third kappa shape index (κ3) is 10.6. The molecule has 0 saturated heterocycles. The first kappa shape index (κ1) is 42.1. The molecule has 0 amide bonds.